The molecule has 5 heteroatoms. The summed E-state index contributed by atoms with van der Waals surface area (Å²) in [6, 6.07) is 0.636. The number of aliphatic imine (C=N–C) groups is 1. The lowest BCUT2D eigenvalue weighted by atomic mass is 9.97. The van der Waals surface area contributed by atoms with Crippen molar-refractivity contribution in [1.82, 2.24) is 10.2 Å². The lowest BCUT2D eigenvalue weighted by molar-refractivity contribution is 0.114. The molecule has 5 nitrogen and oxygen atoms in total. The predicted molar refractivity (Wildman–Crippen MR) is 82.9 cm³/mol. The van der Waals surface area contributed by atoms with Gasteiger partial charge in [0.1, 0.15) is 0 Å². The summed E-state index contributed by atoms with van der Waals surface area (Å²) in [5, 5.41) is 3.19. The van der Waals surface area contributed by atoms with E-state index in [1.54, 1.807) is 0 Å². The van der Waals surface area contributed by atoms with Gasteiger partial charge in [-0.25, -0.2) is 0 Å². The third kappa shape index (κ3) is 4.94. The van der Waals surface area contributed by atoms with E-state index in [1.807, 2.05) is 0 Å². The molecule has 20 heavy (non-hydrogen) atoms. The molecule has 0 bridgehead atoms. The molecule has 0 aromatic rings. The quantitative estimate of drug-likeness (QED) is 0.587. The number of guanidine groups is 1. The van der Waals surface area contributed by atoms with Crippen molar-refractivity contribution in [3.05, 3.63) is 0 Å². The second kappa shape index (κ2) is 7.84. The molecular weight excluding hydrogens is 252 g/mol. The van der Waals surface area contributed by atoms with E-state index in [2.05, 4.69) is 29.1 Å². The first kappa shape index (κ1) is 15.6. The van der Waals surface area contributed by atoms with Crippen LogP contribution in [0.1, 0.15) is 39.5 Å². The molecule has 2 rings (SSSR count). The van der Waals surface area contributed by atoms with Crippen molar-refractivity contribution in [2.45, 2.75) is 51.7 Å². The summed E-state index contributed by atoms with van der Waals surface area (Å²) < 4.78 is 5.56. The van der Waals surface area contributed by atoms with Gasteiger partial charge in [0.05, 0.1) is 6.10 Å². The molecule has 0 spiro atoms. The van der Waals surface area contributed by atoms with Crippen molar-refractivity contribution in [2.24, 2.45) is 16.6 Å². The van der Waals surface area contributed by atoms with E-state index in [0.29, 0.717) is 24.0 Å². The van der Waals surface area contributed by atoms with Gasteiger partial charge < -0.3 is 20.7 Å². The molecule has 0 saturated carbocycles. The Bertz CT molecular complexity index is 313. The summed E-state index contributed by atoms with van der Waals surface area (Å²) in [4.78, 5) is 7.05. The minimum absolute atomic E-state index is 0.315. The summed E-state index contributed by atoms with van der Waals surface area (Å²) in [6.45, 7) is 9.43. The third-order valence-electron chi connectivity index (χ3n) is 4.34. The van der Waals surface area contributed by atoms with Gasteiger partial charge in [-0.05, 0) is 52.0 Å². The molecule has 2 unspecified atom stereocenters. The van der Waals surface area contributed by atoms with E-state index in [4.69, 9.17) is 10.5 Å². The minimum Gasteiger partial charge on any atom is -0.376 e. The van der Waals surface area contributed by atoms with E-state index in [-0.39, 0.29) is 0 Å². The van der Waals surface area contributed by atoms with Gasteiger partial charge in [-0.15, -0.1) is 0 Å². The number of nitrogens with one attached hydrogen (secondary N) is 1. The van der Waals surface area contributed by atoms with Crippen LogP contribution in [0.15, 0.2) is 4.99 Å². The van der Waals surface area contributed by atoms with Crippen molar-refractivity contribution < 1.29 is 4.74 Å². The maximum Gasteiger partial charge on any atom is 0.188 e. The van der Waals surface area contributed by atoms with Gasteiger partial charge in [-0.1, -0.05) is 0 Å². The van der Waals surface area contributed by atoms with Gasteiger partial charge in [0.25, 0.3) is 0 Å². The Kier molecular flexibility index (Phi) is 6.10. The topological polar surface area (TPSA) is 62.9 Å². The zero-order valence-corrected chi connectivity index (χ0v) is 13.0. The molecule has 2 saturated heterocycles. The number of rotatable bonds is 5. The normalized spacial score (nSPS) is 29.1. The van der Waals surface area contributed by atoms with Crippen LogP contribution in [0.5, 0.6) is 0 Å². The summed E-state index contributed by atoms with van der Waals surface area (Å²) in [6.07, 6.45) is 5.16. The SMILES string of the molecule is CC(C)N1CCCC(CN=C(N)NCC2CCCO2)C1. The van der Waals surface area contributed by atoms with Crippen LogP contribution in [0.4, 0.5) is 0 Å². The summed E-state index contributed by atoms with van der Waals surface area (Å²) in [7, 11) is 0. The number of likely N-dealkylation sites (tertiary alicyclic amines) is 1. The van der Waals surface area contributed by atoms with Crippen LogP contribution in [0.25, 0.3) is 0 Å². The molecular formula is C15H30N4O. The first-order chi connectivity index (χ1) is 9.65. The van der Waals surface area contributed by atoms with Gasteiger partial charge in [0.15, 0.2) is 5.96 Å². The Hall–Kier alpha value is -0.810. The standard InChI is InChI=1S/C15H30N4O/c1-12(2)19-7-3-5-13(11-19)9-17-15(16)18-10-14-6-4-8-20-14/h12-14H,3-11H2,1-2H3,(H3,16,17,18). The number of nitrogens with zero attached hydrogens (tertiary/aromatic N) is 2. The molecule has 2 heterocycles. The number of ether oxygens (including phenoxy) is 1. The lowest BCUT2D eigenvalue weighted by Gasteiger charge is -2.34. The van der Waals surface area contributed by atoms with Crippen LogP contribution < -0.4 is 11.1 Å². The fourth-order valence-electron chi connectivity index (χ4n) is 3.02. The smallest absolute Gasteiger partial charge is 0.188 e. The molecule has 0 aliphatic carbocycles. The number of nitrogens with two attached hydrogens (primary N) is 1. The summed E-state index contributed by atoms with van der Waals surface area (Å²) in [5.41, 5.74) is 5.93. The van der Waals surface area contributed by atoms with Gasteiger partial charge in [-0.2, -0.15) is 0 Å². The van der Waals surface area contributed by atoms with E-state index >= 15 is 0 Å². The van der Waals surface area contributed by atoms with E-state index in [0.717, 1.165) is 39.1 Å². The van der Waals surface area contributed by atoms with Gasteiger partial charge in [-0.3, -0.25) is 4.99 Å². The van der Waals surface area contributed by atoms with Crippen molar-refractivity contribution in [1.29, 1.82) is 0 Å². The number of hydrogen-bond acceptors (Lipinski definition) is 3. The minimum atomic E-state index is 0.315. The first-order valence-corrected chi connectivity index (χ1v) is 8.04. The number of piperidine rings is 1. The molecule has 2 aliphatic heterocycles. The van der Waals surface area contributed by atoms with E-state index in [9.17, 15) is 0 Å². The molecule has 3 N–H and O–H groups in total. The first-order valence-electron chi connectivity index (χ1n) is 8.04. The van der Waals surface area contributed by atoms with Crippen LogP contribution in [0, 0.1) is 5.92 Å². The van der Waals surface area contributed by atoms with E-state index < -0.39 is 0 Å². The third-order valence-corrected chi connectivity index (χ3v) is 4.34. The second-order valence-electron chi connectivity index (χ2n) is 6.34. The highest BCUT2D eigenvalue weighted by Crippen LogP contribution is 2.18. The van der Waals surface area contributed by atoms with Gasteiger partial charge >= 0.3 is 0 Å². The second-order valence-corrected chi connectivity index (χ2v) is 6.34. The molecule has 0 aromatic heterocycles. The average molecular weight is 282 g/mol. The van der Waals surface area contributed by atoms with Crippen LogP contribution in [0.3, 0.4) is 0 Å². The maximum atomic E-state index is 5.93. The molecule has 2 fully saturated rings. The largest absolute Gasteiger partial charge is 0.376 e. The van der Waals surface area contributed by atoms with Crippen LogP contribution >= 0.6 is 0 Å². The number of hydrogen-bond donors (Lipinski definition) is 2. The average Bonchev–Trinajstić information content (AvgIpc) is 2.96. The molecule has 0 aromatic carbocycles. The Morgan fingerprint density at radius 1 is 1.40 bits per heavy atom. The molecule has 0 radical (unpaired) electrons. The van der Waals surface area contributed by atoms with Crippen molar-refractivity contribution in [3.8, 4) is 0 Å². The fourth-order valence-corrected chi connectivity index (χ4v) is 3.02. The zero-order chi connectivity index (χ0) is 14.4. The molecule has 116 valence electrons. The van der Waals surface area contributed by atoms with E-state index in [1.165, 1.54) is 19.4 Å². The Balaban J connectivity index is 1.67. The zero-order valence-electron chi connectivity index (χ0n) is 13.0. The maximum absolute atomic E-state index is 5.93. The van der Waals surface area contributed by atoms with Crippen LogP contribution in [0.2, 0.25) is 0 Å². The molecule has 0 amide bonds. The lowest BCUT2D eigenvalue weighted by Crippen LogP contribution is -2.41. The highest BCUT2D eigenvalue weighted by Gasteiger charge is 2.21. The Labute approximate surface area is 122 Å². The predicted octanol–water partition coefficient (Wildman–Crippen LogP) is 1.19. The van der Waals surface area contributed by atoms with Gasteiger partial charge in [0, 0.05) is 32.3 Å². The van der Waals surface area contributed by atoms with Crippen molar-refractivity contribution in [3.63, 3.8) is 0 Å². The highest BCUT2D eigenvalue weighted by atomic mass is 16.5. The molecule has 2 aliphatic rings. The Morgan fingerprint density at radius 2 is 2.25 bits per heavy atom. The fraction of sp³-hybridized carbons (Fsp3) is 0.933. The summed E-state index contributed by atoms with van der Waals surface area (Å²) >= 11 is 0. The van der Waals surface area contributed by atoms with Crippen LogP contribution in [-0.2, 0) is 4.74 Å². The van der Waals surface area contributed by atoms with Crippen molar-refractivity contribution >= 4 is 5.96 Å². The van der Waals surface area contributed by atoms with Gasteiger partial charge in [0.2, 0.25) is 0 Å². The van der Waals surface area contributed by atoms with Crippen LogP contribution in [-0.4, -0.2) is 55.8 Å². The Morgan fingerprint density at radius 3 is 2.95 bits per heavy atom. The van der Waals surface area contributed by atoms with Crippen molar-refractivity contribution in [2.75, 3.05) is 32.8 Å². The highest BCUT2D eigenvalue weighted by molar-refractivity contribution is 5.77. The summed E-state index contributed by atoms with van der Waals surface area (Å²) in [5.74, 6) is 1.22. The molecule has 2 atom stereocenters. The monoisotopic (exact) mass is 282 g/mol.